The molecular weight excluding hydrogens is 295 g/mol. The highest BCUT2D eigenvalue weighted by Gasteiger charge is 2.27. The minimum absolute atomic E-state index is 0.101. The van der Waals surface area contributed by atoms with Gasteiger partial charge in [-0.3, -0.25) is 4.79 Å². The van der Waals surface area contributed by atoms with Gasteiger partial charge >= 0.3 is 5.97 Å². The topological polar surface area (TPSA) is 96.4 Å². The fourth-order valence-electron chi connectivity index (χ4n) is 1.28. The third-order valence-corrected chi connectivity index (χ3v) is 4.23. The van der Waals surface area contributed by atoms with Crippen LogP contribution in [0.15, 0.2) is 23.4 Å². The van der Waals surface area contributed by atoms with E-state index < -0.39 is 32.9 Å². The number of carboxylic acids is 1. The summed E-state index contributed by atoms with van der Waals surface area (Å²) in [4.78, 5) is 14.4. The summed E-state index contributed by atoms with van der Waals surface area (Å²) >= 11 is 1.38. The number of nitrogens with one attached hydrogen (secondary N) is 1. The van der Waals surface area contributed by atoms with Gasteiger partial charge in [-0.25, -0.2) is 17.8 Å². The maximum atomic E-state index is 13.4. The quantitative estimate of drug-likeness (QED) is 0.770. The van der Waals surface area contributed by atoms with E-state index in [0.717, 1.165) is 12.3 Å². The van der Waals surface area contributed by atoms with Crippen molar-refractivity contribution in [3.63, 3.8) is 0 Å². The van der Waals surface area contributed by atoms with Crippen LogP contribution in [-0.4, -0.2) is 42.5 Å². The third-order valence-electron chi connectivity index (χ3n) is 2.19. The lowest BCUT2D eigenvalue weighted by Gasteiger charge is -2.13. The van der Waals surface area contributed by atoms with Crippen molar-refractivity contribution in [2.24, 2.45) is 0 Å². The molecule has 0 spiro atoms. The van der Waals surface area contributed by atoms with Crippen molar-refractivity contribution in [3.8, 4) is 0 Å². The van der Waals surface area contributed by atoms with Crippen LogP contribution in [0.1, 0.15) is 6.42 Å². The van der Waals surface area contributed by atoms with Crippen molar-refractivity contribution < 1.29 is 22.7 Å². The monoisotopic (exact) mass is 308 g/mol. The first-order valence-corrected chi connectivity index (χ1v) is 8.10. The number of carboxylic acid groups (broad SMARTS) is 1. The van der Waals surface area contributed by atoms with Crippen LogP contribution in [0.2, 0.25) is 0 Å². The summed E-state index contributed by atoms with van der Waals surface area (Å²) in [6.45, 7) is 0. The van der Waals surface area contributed by atoms with Crippen molar-refractivity contribution >= 4 is 27.8 Å². The number of thioether (sulfide) groups is 1. The maximum Gasteiger partial charge on any atom is 0.321 e. The molecule has 0 aliphatic carbocycles. The Bertz CT molecular complexity index is 550. The van der Waals surface area contributed by atoms with E-state index in [1.54, 1.807) is 6.26 Å². The summed E-state index contributed by atoms with van der Waals surface area (Å²) in [5, 5.41) is 8.13. The van der Waals surface area contributed by atoms with E-state index in [9.17, 15) is 17.6 Å². The fraction of sp³-hybridized carbons (Fsp3) is 0.400. The molecule has 0 fully saturated rings. The van der Waals surface area contributed by atoms with Crippen LogP contribution >= 0.6 is 11.8 Å². The lowest BCUT2D eigenvalue weighted by molar-refractivity contribution is -0.139. The molecule has 0 aliphatic rings. The number of nitrogens with zero attached hydrogens (tertiary/aromatic N) is 1. The molecule has 1 heterocycles. The molecule has 0 bridgehead atoms. The third kappa shape index (κ3) is 4.44. The van der Waals surface area contributed by atoms with Crippen molar-refractivity contribution in [1.82, 2.24) is 9.71 Å². The molecule has 6 nitrogen and oxygen atoms in total. The Hall–Kier alpha value is -1.19. The second-order valence-electron chi connectivity index (χ2n) is 3.58. The van der Waals surface area contributed by atoms with E-state index >= 15 is 0 Å². The number of hydrogen-bond acceptors (Lipinski definition) is 5. The molecule has 0 saturated carbocycles. The van der Waals surface area contributed by atoms with Gasteiger partial charge in [0.15, 0.2) is 5.82 Å². The smallest absolute Gasteiger partial charge is 0.321 e. The van der Waals surface area contributed by atoms with E-state index in [-0.39, 0.29) is 6.42 Å². The van der Waals surface area contributed by atoms with Crippen LogP contribution in [0.4, 0.5) is 4.39 Å². The molecule has 9 heteroatoms. The lowest BCUT2D eigenvalue weighted by Crippen LogP contribution is -2.41. The van der Waals surface area contributed by atoms with Gasteiger partial charge < -0.3 is 5.11 Å². The highest BCUT2D eigenvalue weighted by molar-refractivity contribution is 7.98. The molecular formula is C10H13FN2O4S2. The zero-order valence-electron chi connectivity index (χ0n) is 10.0. The Balaban J connectivity index is 2.95. The number of hydrogen-bond donors (Lipinski definition) is 2. The molecule has 1 atom stereocenters. The number of aromatic nitrogens is 1. The van der Waals surface area contributed by atoms with Gasteiger partial charge in [0.1, 0.15) is 6.04 Å². The summed E-state index contributed by atoms with van der Waals surface area (Å²) < 4.78 is 39.0. The van der Waals surface area contributed by atoms with Crippen molar-refractivity contribution in [1.29, 1.82) is 0 Å². The second kappa shape index (κ2) is 6.83. The van der Waals surface area contributed by atoms with Crippen molar-refractivity contribution in [2.45, 2.75) is 17.5 Å². The van der Waals surface area contributed by atoms with E-state index in [4.69, 9.17) is 5.11 Å². The van der Waals surface area contributed by atoms with Gasteiger partial charge in [-0.05, 0) is 30.6 Å². The number of halogens is 1. The van der Waals surface area contributed by atoms with Crippen LogP contribution in [0.25, 0.3) is 0 Å². The average Bonchev–Trinajstić information content (AvgIpc) is 2.34. The summed E-state index contributed by atoms with van der Waals surface area (Å²) in [6.07, 6.45) is 2.99. The highest BCUT2D eigenvalue weighted by Crippen LogP contribution is 2.12. The average molecular weight is 308 g/mol. The predicted octanol–water partition coefficient (Wildman–Crippen LogP) is 0.705. The largest absolute Gasteiger partial charge is 0.480 e. The fourth-order valence-corrected chi connectivity index (χ4v) is 2.98. The van der Waals surface area contributed by atoms with Crippen LogP contribution in [0, 0.1) is 5.82 Å². The first kappa shape index (κ1) is 15.9. The molecule has 0 saturated heterocycles. The van der Waals surface area contributed by atoms with Gasteiger partial charge in [-0.2, -0.15) is 16.5 Å². The van der Waals surface area contributed by atoms with Gasteiger partial charge in [-0.15, -0.1) is 0 Å². The zero-order valence-corrected chi connectivity index (χ0v) is 11.7. The van der Waals surface area contributed by atoms with E-state index in [0.29, 0.717) is 5.75 Å². The molecule has 2 N–H and O–H groups in total. The Morgan fingerprint density at radius 2 is 2.32 bits per heavy atom. The Morgan fingerprint density at radius 3 is 2.84 bits per heavy atom. The molecule has 0 radical (unpaired) electrons. The molecule has 19 heavy (non-hydrogen) atoms. The maximum absolute atomic E-state index is 13.4. The standard InChI is InChI=1S/C10H13FN2O4S2/c1-18-6-4-8(10(14)15)13-19(16,17)9-7(11)3-2-5-12-9/h2-3,5,8,13H,4,6H2,1H3,(H,14,15). The first-order valence-electron chi connectivity index (χ1n) is 5.23. The summed E-state index contributed by atoms with van der Waals surface area (Å²) in [5.41, 5.74) is 0. The minimum Gasteiger partial charge on any atom is -0.480 e. The van der Waals surface area contributed by atoms with Gasteiger partial charge in [0.25, 0.3) is 10.0 Å². The number of pyridine rings is 1. The van der Waals surface area contributed by atoms with Crippen LogP contribution in [0.5, 0.6) is 0 Å². The predicted molar refractivity (Wildman–Crippen MR) is 68.9 cm³/mol. The first-order chi connectivity index (χ1) is 8.88. The summed E-state index contributed by atoms with van der Waals surface area (Å²) in [5.74, 6) is -1.87. The molecule has 1 aromatic heterocycles. The lowest BCUT2D eigenvalue weighted by atomic mass is 10.2. The molecule has 0 aromatic carbocycles. The molecule has 1 unspecified atom stereocenters. The van der Waals surface area contributed by atoms with Gasteiger partial charge in [0.05, 0.1) is 0 Å². The van der Waals surface area contributed by atoms with Gasteiger partial charge in [-0.1, -0.05) is 0 Å². The van der Waals surface area contributed by atoms with E-state index in [1.165, 1.54) is 17.8 Å². The number of rotatable bonds is 7. The molecule has 106 valence electrons. The van der Waals surface area contributed by atoms with E-state index in [1.807, 2.05) is 4.72 Å². The highest BCUT2D eigenvalue weighted by atomic mass is 32.2. The number of aliphatic carboxylic acids is 1. The zero-order chi connectivity index (χ0) is 14.5. The molecule has 1 rings (SSSR count). The SMILES string of the molecule is CSCCC(NS(=O)(=O)c1ncccc1F)C(=O)O. The second-order valence-corrected chi connectivity index (χ2v) is 6.20. The van der Waals surface area contributed by atoms with Gasteiger partial charge in [0, 0.05) is 6.20 Å². The molecule has 0 amide bonds. The number of carbonyl (C=O) groups is 1. The van der Waals surface area contributed by atoms with Crippen molar-refractivity contribution in [3.05, 3.63) is 24.1 Å². The Morgan fingerprint density at radius 1 is 1.63 bits per heavy atom. The Kier molecular flexibility index (Phi) is 5.70. The van der Waals surface area contributed by atoms with Crippen LogP contribution < -0.4 is 4.72 Å². The normalized spacial score (nSPS) is 13.2. The van der Waals surface area contributed by atoms with Gasteiger partial charge in [0.2, 0.25) is 5.03 Å². The summed E-state index contributed by atoms with van der Waals surface area (Å²) in [7, 11) is -4.29. The minimum atomic E-state index is -4.29. The van der Waals surface area contributed by atoms with Crippen molar-refractivity contribution in [2.75, 3.05) is 12.0 Å². The van der Waals surface area contributed by atoms with Crippen LogP contribution in [0.3, 0.4) is 0 Å². The molecule has 1 aromatic rings. The summed E-state index contributed by atoms with van der Waals surface area (Å²) in [6, 6.07) is 0.884. The molecule has 0 aliphatic heterocycles. The van der Waals surface area contributed by atoms with Crippen LogP contribution in [-0.2, 0) is 14.8 Å². The Labute approximate surface area is 114 Å². The number of sulfonamides is 1. The van der Waals surface area contributed by atoms with E-state index in [2.05, 4.69) is 4.98 Å².